The van der Waals surface area contributed by atoms with Gasteiger partial charge in [0.15, 0.2) is 0 Å². The summed E-state index contributed by atoms with van der Waals surface area (Å²) in [6.45, 7) is 4.15. The lowest BCUT2D eigenvalue weighted by molar-refractivity contribution is 0.456. The number of aromatic hydroxyl groups is 1. The molecule has 0 amide bonds. The normalized spacial score (nSPS) is 12.8. The van der Waals surface area contributed by atoms with Gasteiger partial charge < -0.3 is 10.8 Å². The zero-order valence-corrected chi connectivity index (χ0v) is 8.96. The van der Waals surface area contributed by atoms with E-state index in [2.05, 4.69) is 6.92 Å². The van der Waals surface area contributed by atoms with Crippen LogP contribution >= 0.6 is 0 Å². The van der Waals surface area contributed by atoms with Gasteiger partial charge in [0.05, 0.1) is 0 Å². The van der Waals surface area contributed by atoms with Crippen molar-refractivity contribution in [1.82, 2.24) is 0 Å². The number of phenolic OH excluding ortho intramolecular Hbond substituents is 1. The quantitative estimate of drug-likeness (QED) is 0.772. The Balaban J connectivity index is 2.77. The van der Waals surface area contributed by atoms with Crippen molar-refractivity contribution in [2.24, 2.45) is 5.73 Å². The Morgan fingerprint density at radius 2 is 2.14 bits per heavy atom. The van der Waals surface area contributed by atoms with Crippen LogP contribution in [0.15, 0.2) is 18.2 Å². The molecule has 0 aromatic heterocycles. The molecule has 0 heterocycles. The number of rotatable bonds is 4. The van der Waals surface area contributed by atoms with Gasteiger partial charge in [-0.1, -0.05) is 37.5 Å². The highest BCUT2D eigenvalue weighted by Gasteiger charge is 2.09. The Hall–Kier alpha value is -1.02. The average Bonchev–Trinajstić information content (AvgIpc) is 2.18. The number of aryl methyl sites for hydroxylation is 1. The lowest BCUT2D eigenvalue weighted by Gasteiger charge is -2.13. The van der Waals surface area contributed by atoms with Crippen molar-refractivity contribution >= 4 is 0 Å². The maximum Gasteiger partial charge on any atom is 0.120 e. The highest BCUT2D eigenvalue weighted by molar-refractivity contribution is 5.37. The second kappa shape index (κ2) is 5.01. The lowest BCUT2D eigenvalue weighted by Crippen LogP contribution is -2.10. The predicted molar refractivity (Wildman–Crippen MR) is 59.3 cm³/mol. The van der Waals surface area contributed by atoms with Gasteiger partial charge in [0.1, 0.15) is 5.75 Å². The van der Waals surface area contributed by atoms with Gasteiger partial charge in [-0.15, -0.1) is 0 Å². The van der Waals surface area contributed by atoms with Crippen LogP contribution in [0.5, 0.6) is 5.75 Å². The Labute approximate surface area is 85.8 Å². The molecule has 0 radical (unpaired) electrons. The van der Waals surface area contributed by atoms with Crippen LogP contribution in [0.4, 0.5) is 0 Å². The summed E-state index contributed by atoms with van der Waals surface area (Å²) in [4.78, 5) is 0. The van der Waals surface area contributed by atoms with Crippen LogP contribution in [0.25, 0.3) is 0 Å². The Kier molecular flexibility index (Phi) is 3.96. The number of benzene rings is 1. The van der Waals surface area contributed by atoms with E-state index in [1.807, 2.05) is 19.1 Å². The van der Waals surface area contributed by atoms with Crippen molar-refractivity contribution in [3.05, 3.63) is 29.3 Å². The Bertz CT molecular complexity index is 296. The molecule has 1 rings (SSSR count). The number of hydrogen-bond acceptors (Lipinski definition) is 2. The molecule has 0 fully saturated rings. The third-order valence-electron chi connectivity index (χ3n) is 2.45. The van der Waals surface area contributed by atoms with Crippen molar-refractivity contribution in [1.29, 1.82) is 0 Å². The third-order valence-corrected chi connectivity index (χ3v) is 2.45. The first-order chi connectivity index (χ1) is 6.65. The summed E-state index contributed by atoms with van der Waals surface area (Å²) >= 11 is 0. The Morgan fingerprint density at radius 3 is 2.79 bits per heavy atom. The maximum absolute atomic E-state index is 9.62. The predicted octanol–water partition coefficient (Wildman–Crippen LogP) is 2.89. The number of hydrogen-bond donors (Lipinski definition) is 2. The van der Waals surface area contributed by atoms with Gasteiger partial charge in [-0.05, 0) is 19.4 Å². The fraction of sp³-hybridized carbons (Fsp3) is 0.500. The molecule has 0 bridgehead atoms. The van der Waals surface area contributed by atoms with E-state index in [-0.39, 0.29) is 6.04 Å². The van der Waals surface area contributed by atoms with Gasteiger partial charge in [0, 0.05) is 11.6 Å². The minimum atomic E-state index is -0.0325. The van der Waals surface area contributed by atoms with E-state index in [1.54, 1.807) is 6.07 Å². The Morgan fingerprint density at radius 1 is 1.43 bits per heavy atom. The number of phenols is 1. The van der Waals surface area contributed by atoms with Crippen molar-refractivity contribution < 1.29 is 5.11 Å². The van der Waals surface area contributed by atoms with E-state index in [0.29, 0.717) is 5.75 Å². The van der Waals surface area contributed by atoms with Crippen LogP contribution in [0.3, 0.4) is 0 Å². The van der Waals surface area contributed by atoms with Crippen LogP contribution < -0.4 is 5.73 Å². The molecule has 0 aliphatic carbocycles. The summed E-state index contributed by atoms with van der Waals surface area (Å²) < 4.78 is 0. The van der Waals surface area contributed by atoms with E-state index in [1.165, 1.54) is 0 Å². The first-order valence-electron chi connectivity index (χ1n) is 5.20. The molecule has 2 nitrogen and oxygen atoms in total. The summed E-state index contributed by atoms with van der Waals surface area (Å²) in [6, 6.07) is 5.55. The topological polar surface area (TPSA) is 46.2 Å². The molecule has 0 unspecified atom stereocenters. The SMILES string of the molecule is CCCC[C@H](N)c1cc(C)ccc1O. The summed E-state index contributed by atoms with van der Waals surface area (Å²) in [6.07, 6.45) is 3.18. The van der Waals surface area contributed by atoms with Gasteiger partial charge in [0.2, 0.25) is 0 Å². The molecule has 14 heavy (non-hydrogen) atoms. The van der Waals surface area contributed by atoms with E-state index >= 15 is 0 Å². The average molecular weight is 193 g/mol. The lowest BCUT2D eigenvalue weighted by atomic mass is 9.99. The molecule has 78 valence electrons. The largest absolute Gasteiger partial charge is 0.508 e. The molecule has 0 saturated carbocycles. The second-order valence-electron chi connectivity index (χ2n) is 3.81. The molecule has 0 saturated heterocycles. The summed E-state index contributed by atoms with van der Waals surface area (Å²) in [5.41, 5.74) is 8.01. The third kappa shape index (κ3) is 2.74. The van der Waals surface area contributed by atoms with Gasteiger partial charge in [-0.3, -0.25) is 0 Å². The number of unbranched alkanes of at least 4 members (excludes halogenated alkanes) is 1. The molecule has 0 aliphatic rings. The van der Waals surface area contributed by atoms with E-state index < -0.39 is 0 Å². The zero-order valence-electron chi connectivity index (χ0n) is 8.96. The van der Waals surface area contributed by atoms with E-state index in [4.69, 9.17) is 5.73 Å². The van der Waals surface area contributed by atoms with Crippen LogP contribution in [0.2, 0.25) is 0 Å². The summed E-state index contributed by atoms with van der Waals surface area (Å²) in [5.74, 6) is 0.319. The fourth-order valence-corrected chi connectivity index (χ4v) is 1.55. The van der Waals surface area contributed by atoms with Crippen molar-refractivity contribution in [2.45, 2.75) is 39.2 Å². The van der Waals surface area contributed by atoms with Crippen LogP contribution in [0, 0.1) is 6.92 Å². The van der Waals surface area contributed by atoms with Gasteiger partial charge in [0.25, 0.3) is 0 Å². The van der Waals surface area contributed by atoms with Gasteiger partial charge in [-0.25, -0.2) is 0 Å². The van der Waals surface area contributed by atoms with E-state index in [9.17, 15) is 5.11 Å². The molecule has 3 N–H and O–H groups in total. The van der Waals surface area contributed by atoms with Crippen molar-refractivity contribution in [3.8, 4) is 5.75 Å². The second-order valence-corrected chi connectivity index (χ2v) is 3.81. The highest BCUT2D eigenvalue weighted by atomic mass is 16.3. The van der Waals surface area contributed by atoms with Crippen molar-refractivity contribution in [3.63, 3.8) is 0 Å². The molecular weight excluding hydrogens is 174 g/mol. The van der Waals surface area contributed by atoms with Crippen LogP contribution in [-0.2, 0) is 0 Å². The number of nitrogens with two attached hydrogens (primary N) is 1. The molecular formula is C12H19NO. The minimum Gasteiger partial charge on any atom is -0.508 e. The first-order valence-corrected chi connectivity index (χ1v) is 5.20. The maximum atomic E-state index is 9.62. The van der Waals surface area contributed by atoms with Gasteiger partial charge in [-0.2, -0.15) is 0 Å². The molecule has 1 aromatic carbocycles. The molecule has 0 aliphatic heterocycles. The molecule has 1 atom stereocenters. The van der Waals surface area contributed by atoms with Crippen molar-refractivity contribution in [2.75, 3.05) is 0 Å². The zero-order chi connectivity index (χ0) is 10.6. The minimum absolute atomic E-state index is 0.0325. The smallest absolute Gasteiger partial charge is 0.120 e. The molecule has 1 aromatic rings. The van der Waals surface area contributed by atoms with Gasteiger partial charge >= 0.3 is 0 Å². The summed E-state index contributed by atoms with van der Waals surface area (Å²) in [5, 5.41) is 9.62. The van der Waals surface area contributed by atoms with E-state index in [0.717, 1.165) is 30.4 Å². The monoisotopic (exact) mass is 193 g/mol. The van der Waals surface area contributed by atoms with Crippen LogP contribution in [0.1, 0.15) is 43.4 Å². The summed E-state index contributed by atoms with van der Waals surface area (Å²) in [7, 11) is 0. The molecule has 2 heteroatoms. The first kappa shape index (κ1) is 11.1. The molecule has 0 spiro atoms. The van der Waals surface area contributed by atoms with Crippen LogP contribution in [-0.4, -0.2) is 5.11 Å². The standard InChI is InChI=1S/C12H19NO/c1-3-4-5-11(13)10-8-9(2)6-7-12(10)14/h6-8,11,14H,3-5,13H2,1-2H3/t11-/m0/s1. The highest BCUT2D eigenvalue weighted by Crippen LogP contribution is 2.26. The fourth-order valence-electron chi connectivity index (χ4n) is 1.55.